The molecule has 0 spiro atoms. The molecule has 0 saturated carbocycles. The molecule has 2 atom stereocenters. The van der Waals surface area contributed by atoms with Gasteiger partial charge in [-0.3, -0.25) is 0 Å². The highest BCUT2D eigenvalue weighted by atomic mass is 16.5. The Morgan fingerprint density at radius 2 is 1.91 bits per heavy atom. The summed E-state index contributed by atoms with van der Waals surface area (Å²) in [6.45, 7) is 7.36. The second-order valence-corrected chi connectivity index (χ2v) is 6.19. The third-order valence-corrected chi connectivity index (χ3v) is 4.14. The Bertz CT molecular complexity index is 503. The summed E-state index contributed by atoms with van der Waals surface area (Å²) < 4.78 is 5.65. The first kappa shape index (κ1) is 15.1. The summed E-state index contributed by atoms with van der Waals surface area (Å²) in [6, 6.07) is 3.81. The minimum Gasteiger partial charge on any atom is -0.372 e. The van der Waals surface area contributed by atoms with Crippen LogP contribution >= 0.6 is 0 Å². The number of urea groups is 1. The van der Waals surface area contributed by atoms with Crippen molar-refractivity contribution in [1.82, 2.24) is 9.88 Å². The van der Waals surface area contributed by atoms with Crippen LogP contribution in [0, 0.1) is 0 Å². The molecule has 1 aromatic heterocycles. The van der Waals surface area contributed by atoms with Crippen LogP contribution in [0.5, 0.6) is 0 Å². The largest absolute Gasteiger partial charge is 0.372 e. The van der Waals surface area contributed by atoms with Crippen LogP contribution in [0.1, 0.15) is 26.7 Å². The number of pyridine rings is 1. The highest BCUT2D eigenvalue weighted by molar-refractivity contribution is 5.89. The van der Waals surface area contributed by atoms with Gasteiger partial charge in [0.25, 0.3) is 0 Å². The molecule has 0 aliphatic carbocycles. The first-order valence-corrected chi connectivity index (χ1v) is 8.04. The van der Waals surface area contributed by atoms with Gasteiger partial charge >= 0.3 is 6.03 Å². The minimum absolute atomic E-state index is 0.0742. The van der Waals surface area contributed by atoms with Crippen LogP contribution in [-0.4, -0.2) is 54.3 Å². The highest BCUT2D eigenvalue weighted by Gasteiger charge is 2.25. The van der Waals surface area contributed by atoms with Gasteiger partial charge in [-0.15, -0.1) is 0 Å². The Kier molecular flexibility index (Phi) is 4.47. The number of amides is 2. The molecule has 2 aliphatic heterocycles. The van der Waals surface area contributed by atoms with Crippen molar-refractivity contribution in [2.24, 2.45) is 0 Å². The Morgan fingerprint density at radius 3 is 2.50 bits per heavy atom. The Hall–Kier alpha value is -1.82. The standard InChI is InChI=1S/C16H24N4O2/c1-12-10-20(11-13(2)22-12)16(21)18-14-5-6-15(17-9-14)19-7-3-4-8-19/h5-6,9,12-13H,3-4,7-8,10-11H2,1-2H3,(H,18,21)/t12-,13-/m0/s1. The van der Waals surface area contributed by atoms with Crippen LogP contribution < -0.4 is 10.2 Å². The predicted molar refractivity (Wildman–Crippen MR) is 86.3 cm³/mol. The van der Waals surface area contributed by atoms with Crippen molar-refractivity contribution in [3.05, 3.63) is 18.3 Å². The van der Waals surface area contributed by atoms with Gasteiger partial charge in [0.15, 0.2) is 0 Å². The normalized spacial score (nSPS) is 25.4. The molecule has 0 radical (unpaired) electrons. The van der Waals surface area contributed by atoms with Crippen molar-refractivity contribution in [1.29, 1.82) is 0 Å². The van der Waals surface area contributed by atoms with Crippen LogP contribution in [0.3, 0.4) is 0 Å². The molecule has 0 bridgehead atoms. The number of hydrogen-bond donors (Lipinski definition) is 1. The Labute approximate surface area is 131 Å². The second-order valence-electron chi connectivity index (χ2n) is 6.19. The fraction of sp³-hybridized carbons (Fsp3) is 0.625. The maximum Gasteiger partial charge on any atom is 0.322 e. The molecule has 1 N–H and O–H groups in total. The van der Waals surface area contributed by atoms with Crippen LogP contribution in [0.4, 0.5) is 16.3 Å². The van der Waals surface area contributed by atoms with E-state index in [1.807, 2.05) is 26.0 Å². The van der Waals surface area contributed by atoms with E-state index in [0.717, 1.165) is 24.6 Å². The molecule has 2 saturated heterocycles. The average Bonchev–Trinajstić information content (AvgIpc) is 3.01. The third kappa shape index (κ3) is 3.50. The van der Waals surface area contributed by atoms with Crippen LogP contribution in [-0.2, 0) is 4.74 Å². The summed E-state index contributed by atoms with van der Waals surface area (Å²) in [5, 5.41) is 2.92. The van der Waals surface area contributed by atoms with Gasteiger partial charge in [-0.2, -0.15) is 0 Å². The number of ether oxygens (including phenoxy) is 1. The maximum atomic E-state index is 12.3. The molecule has 2 aliphatic rings. The lowest BCUT2D eigenvalue weighted by atomic mass is 10.2. The third-order valence-electron chi connectivity index (χ3n) is 4.14. The fourth-order valence-electron chi connectivity index (χ4n) is 3.14. The molecule has 3 rings (SSSR count). The lowest BCUT2D eigenvalue weighted by Crippen LogP contribution is -2.49. The summed E-state index contributed by atoms with van der Waals surface area (Å²) in [7, 11) is 0. The number of morpholine rings is 1. The van der Waals surface area contributed by atoms with Gasteiger partial charge in [0.2, 0.25) is 0 Å². The topological polar surface area (TPSA) is 57.7 Å². The zero-order chi connectivity index (χ0) is 15.5. The zero-order valence-electron chi connectivity index (χ0n) is 13.3. The van der Waals surface area contributed by atoms with Gasteiger partial charge in [-0.25, -0.2) is 9.78 Å². The van der Waals surface area contributed by atoms with Crippen molar-refractivity contribution >= 4 is 17.5 Å². The Balaban J connectivity index is 1.59. The van der Waals surface area contributed by atoms with Gasteiger partial charge in [0.05, 0.1) is 24.1 Å². The molecule has 2 fully saturated rings. The first-order chi connectivity index (χ1) is 10.6. The summed E-state index contributed by atoms with van der Waals surface area (Å²) >= 11 is 0. The second kappa shape index (κ2) is 6.52. The zero-order valence-corrected chi connectivity index (χ0v) is 13.3. The van der Waals surface area contributed by atoms with E-state index in [1.165, 1.54) is 12.8 Å². The number of nitrogens with one attached hydrogen (secondary N) is 1. The van der Waals surface area contributed by atoms with Crippen molar-refractivity contribution in [2.75, 3.05) is 36.4 Å². The van der Waals surface area contributed by atoms with Crippen LogP contribution in [0.25, 0.3) is 0 Å². The molecule has 22 heavy (non-hydrogen) atoms. The molecule has 6 heteroatoms. The van der Waals surface area contributed by atoms with Crippen molar-refractivity contribution in [3.63, 3.8) is 0 Å². The molecule has 0 unspecified atom stereocenters. The molecular formula is C16H24N4O2. The first-order valence-electron chi connectivity index (χ1n) is 8.04. The van der Waals surface area contributed by atoms with Crippen LogP contribution in [0.15, 0.2) is 18.3 Å². The van der Waals surface area contributed by atoms with Crippen LogP contribution in [0.2, 0.25) is 0 Å². The predicted octanol–water partition coefficient (Wildman–Crippen LogP) is 2.32. The van der Waals surface area contributed by atoms with E-state index in [9.17, 15) is 4.79 Å². The number of anilines is 2. The van der Waals surface area contributed by atoms with Gasteiger partial charge in [-0.1, -0.05) is 0 Å². The van der Waals surface area contributed by atoms with Crippen molar-refractivity contribution < 1.29 is 9.53 Å². The fourth-order valence-corrected chi connectivity index (χ4v) is 3.14. The lowest BCUT2D eigenvalue weighted by molar-refractivity contribution is -0.0530. The van der Waals surface area contributed by atoms with E-state index in [4.69, 9.17) is 4.74 Å². The van der Waals surface area contributed by atoms with Crippen molar-refractivity contribution in [3.8, 4) is 0 Å². The monoisotopic (exact) mass is 304 g/mol. The van der Waals surface area contributed by atoms with E-state index in [-0.39, 0.29) is 18.2 Å². The van der Waals surface area contributed by atoms with Gasteiger partial charge < -0.3 is 19.9 Å². The molecule has 0 aromatic carbocycles. The molecular weight excluding hydrogens is 280 g/mol. The van der Waals surface area contributed by atoms with Gasteiger partial charge in [0.1, 0.15) is 5.82 Å². The van der Waals surface area contributed by atoms with Gasteiger partial charge in [-0.05, 0) is 38.8 Å². The number of carbonyl (C=O) groups is 1. The summed E-state index contributed by atoms with van der Waals surface area (Å²) in [5.41, 5.74) is 0.736. The average molecular weight is 304 g/mol. The summed E-state index contributed by atoms with van der Waals surface area (Å²) in [4.78, 5) is 20.9. The molecule has 3 heterocycles. The highest BCUT2D eigenvalue weighted by Crippen LogP contribution is 2.19. The number of aromatic nitrogens is 1. The summed E-state index contributed by atoms with van der Waals surface area (Å²) in [5.74, 6) is 0.990. The lowest BCUT2D eigenvalue weighted by Gasteiger charge is -2.35. The SMILES string of the molecule is C[C@H]1CN(C(=O)Nc2ccc(N3CCCC3)nc2)C[C@H](C)O1. The smallest absolute Gasteiger partial charge is 0.322 e. The summed E-state index contributed by atoms with van der Waals surface area (Å²) in [6.07, 6.45) is 4.34. The molecule has 2 amide bonds. The van der Waals surface area contributed by atoms with E-state index in [2.05, 4.69) is 15.2 Å². The minimum atomic E-state index is -0.0854. The maximum absolute atomic E-state index is 12.3. The number of hydrogen-bond acceptors (Lipinski definition) is 4. The van der Waals surface area contributed by atoms with Crippen molar-refractivity contribution in [2.45, 2.75) is 38.9 Å². The van der Waals surface area contributed by atoms with E-state index in [0.29, 0.717) is 13.1 Å². The number of nitrogens with zero attached hydrogens (tertiary/aromatic N) is 3. The Morgan fingerprint density at radius 1 is 1.23 bits per heavy atom. The van der Waals surface area contributed by atoms with E-state index >= 15 is 0 Å². The molecule has 6 nitrogen and oxygen atoms in total. The molecule has 120 valence electrons. The van der Waals surface area contributed by atoms with Gasteiger partial charge in [0, 0.05) is 26.2 Å². The van der Waals surface area contributed by atoms with E-state index < -0.39 is 0 Å². The molecule has 1 aromatic rings. The quantitative estimate of drug-likeness (QED) is 0.911. The number of rotatable bonds is 2. The number of carbonyl (C=O) groups excluding carboxylic acids is 1. The van der Waals surface area contributed by atoms with E-state index in [1.54, 1.807) is 11.1 Å².